The third-order valence-electron chi connectivity index (χ3n) is 3.23. The van der Waals surface area contributed by atoms with Crippen LogP contribution in [0, 0.1) is 6.92 Å². The van der Waals surface area contributed by atoms with E-state index in [2.05, 4.69) is 5.32 Å². The van der Waals surface area contributed by atoms with Crippen LogP contribution in [0.4, 0.5) is 5.69 Å². The van der Waals surface area contributed by atoms with Crippen molar-refractivity contribution in [2.24, 2.45) is 5.73 Å². The Morgan fingerprint density at radius 1 is 1.38 bits per heavy atom. The zero-order valence-electron chi connectivity index (χ0n) is 12.9. The maximum absolute atomic E-state index is 12.1. The number of carbonyl (C=O) groups is 1. The van der Waals surface area contributed by atoms with E-state index in [0.29, 0.717) is 12.1 Å². The monoisotopic (exact) mass is 313 g/mol. The predicted molar refractivity (Wildman–Crippen MR) is 83.6 cm³/mol. The van der Waals surface area contributed by atoms with Gasteiger partial charge < -0.3 is 11.1 Å². The first-order valence-electron chi connectivity index (χ1n) is 6.77. The quantitative estimate of drug-likeness (QED) is 0.828. The van der Waals surface area contributed by atoms with E-state index in [0.717, 1.165) is 9.87 Å². The van der Waals surface area contributed by atoms with Crippen LogP contribution in [-0.2, 0) is 14.8 Å². The summed E-state index contributed by atoms with van der Waals surface area (Å²) in [7, 11) is -0.590. The predicted octanol–water partition coefficient (Wildman–Crippen LogP) is 1.31. The molecule has 1 aromatic carbocycles. The zero-order valence-corrected chi connectivity index (χ0v) is 13.7. The van der Waals surface area contributed by atoms with Crippen molar-refractivity contribution >= 4 is 21.6 Å². The molecule has 0 spiro atoms. The fourth-order valence-corrected chi connectivity index (χ4v) is 2.62. The van der Waals surface area contributed by atoms with Gasteiger partial charge in [-0.05, 0) is 31.0 Å². The lowest BCUT2D eigenvalue weighted by molar-refractivity contribution is -0.116. The van der Waals surface area contributed by atoms with Crippen molar-refractivity contribution in [1.29, 1.82) is 0 Å². The van der Waals surface area contributed by atoms with Gasteiger partial charge in [-0.15, -0.1) is 0 Å². The molecule has 118 valence electrons. The fraction of sp³-hybridized carbons (Fsp3) is 0.500. The second-order valence-corrected chi connectivity index (χ2v) is 7.34. The maximum atomic E-state index is 12.1. The highest BCUT2D eigenvalue weighted by Gasteiger charge is 2.19. The van der Waals surface area contributed by atoms with E-state index in [1.807, 2.05) is 6.92 Å². The summed E-state index contributed by atoms with van der Waals surface area (Å²) in [5, 5.41) is 2.72. The molecule has 0 bridgehead atoms. The molecule has 1 atom stereocenters. The van der Waals surface area contributed by atoms with Crippen molar-refractivity contribution in [3.05, 3.63) is 23.8 Å². The molecule has 0 saturated heterocycles. The molecule has 7 heteroatoms. The summed E-state index contributed by atoms with van der Waals surface area (Å²) in [6.07, 6.45) is 0.919. The highest BCUT2D eigenvalue weighted by molar-refractivity contribution is 7.89. The molecule has 0 heterocycles. The fourth-order valence-electron chi connectivity index (χ4n) is 1.69. The van der Waals surface area contributed by atoms with E-state index < -0.39 is 10.0 Å². The Labute approximate surface area is 126 Å². The summed E-state index contributed by atoms with van der Waals surface area (Å²) in [4.78, 5) is 12.0. The number of nitrogens with zero attached hydrogens (tertiary/aromatic N) is 1. The van der Waals surface area contributed by atoms with E-state index in [1.54, 1.807) is 13.0 Å². The smallest absolute Gasteiger partial charge is 0.242 e. The lowest BCUT2D eigenvalue weighted by Gasteiger charge is -2.15. The number of hydrogen-bond acceptors (Lipinski definition) is 4. The number of nitrogens with two attached hydrogens (primary N) is 1. The van der Waals surface area contributed by atoms with E-state index in [9.17, 15) is 13.2 Å². The molecule has 6 nitrogen and oxygen atoms in total. The third kappa shape index (κ3) is 4.52. The van der Waals surface area contributed by atoms with Gasteiger partial charge in [0.15, 0.2) is 0 Å². The molecule has 1 amide bonds. The number of benzene rings is 1. The standard InChI is InChI=1S/C14H23N3O3S/c1-5-11(15)8-14(18)16-13-9-12(7-6-10(13)2)21(19,20)17(3)4/h6-7,9,11H,5,8,15H2,1-4H3,(H,16,18). The average Bonchev–Trinajstić information content (AvgIpc) is 2.40. The Hall–Kier alpha value is -1.44. The van der Waals surface area contributed by atoms with Crippen molar-refractivity contribution in [2.75, 3.05) is 19.4 Å². The van der Waals surface area contributed by atoms with Crippen molar-refractivity contribution < 1.29 is 13.2 Å². The zero-order chi connectivity index (χ0) is 16.2. The maximum Gasteiger partial charge on any atom is 0.242 e. The minimum Gasteiger partial charge on any atom is -0.327 e. The molecule has 0 saturated carbocycles. The summed E-state index contributed by atoms with van der Waals surface area (Å²) in [6, 6.07) is 4.48. The van der Waals surface area contributed by atoms with Crippen molar-refractivity contribution in [3.63, 3.8) is 0 Å². The van der Waals surface area contributed by atoms with E-state index in [1.165, 1.54) is 26.2 Å². The number of amides is 1. The number of nitrogens with one attached hydrogen (secondary N) is 1. The molecule has 1 rings (SSSR count). The molecule has 0 fully saturated rings. The molecule has 3 N–H and O–H groups in total. The summed E-state index contributed by atoms with van der Waals surface area (Å²) in [5.74, 6) is -0.216. The van der Waals surface area contributed by atoms with Crippen molar-refractivity contribution in [2.45, 2.75) is 37.6 Å². The van der Waals surface area contributed by atoms with Crippen LogP contribution in [0.5, 0.6) is 0 Å². The Morgan fingerprint density at radius 3 is 2.52 bits per heavy atom. The Kier molecular flexibility index (Phi) is 5.88. The van der Waals surface area contributed by atoms with Crippen LogP contribution in [0.1, 0.15) is 25.3 Å². The van der Waals surface area contributed by atoms with Gasteiger partial charge in [-0.1, -0.05) is 13.0 Å². The molecule has 0 aliphatic heterocycles. The molecule has 21 heavy (non-hydrogen) atoms. The average molecular weight is 313 g/mol. The van der Waals surface area contributed by atoms with Crippen LogP contribution < -0.4 is 11.1 Å². The number of hydrogen-bond donors (Lipinski definition) is 2. The Morgan fingerprint density at radius 2 is 2.00 bits per heavy atom. The molecular formula is C14H23N3O3S. The summed E-state index contributed by atoms with van der Waals surface area (Å²) in [6.45, 7) is 3.72. The molecule has 1 aromatic rings. The molecule has 0 aliphatic carbocycles. The van der Waals surface area contributed by atoms with Gasteiger partial charge in [0, 0.05) is 32.2 Å². The van der Waals surface area contributed by atoms with E-state index in [4.69, 9.17) is 5.73 Å². The van der Waals surface area contributed by atoms with Crippen LogP contribution >= 0.6 is 0 Å². The summed E-state index contributed by atoms with van der Waals surface area (Å²) >= 11 is 0. The van der Waals surface area contributed by atoms with Crippen molar-refractivity contribution in [3.8, 4) is 0 Å². The van der Waals surface area contributed by atoms with Crippen LogP contribution in [0.15, 0.2) is 23.1 Å². The lowest BCUT2D eigenvalue weighted by Crippen LogP contribution is -2.26. The van der Waals surface area contributed by atoms with Gasteiger partial charge >= 0.3 is 0 Å². The molecule has 1 unspecified atom stereocenters. The van der Waals surface area contributed by atoms with Crippen LogP contribution in [0.2, 0.25) is 0 Å². The number of aryl methyl sites for hydroxylation is 1. The number of carbonyl (C=O) groups excluding carboxylic acids is 1. The first-order valence-corrected chi connectivity index (χ1v) is 8.21. The third-order valence-corrected chi connectivity index (χ3v) is 5.04. The largest absolute Gasteiger partial charge is 0.327 e. The minimum atomic E-state index is -3.52. The SMILES string of the molecule is CCC(N)CC(=O)Nc1cc(S(=O)(=O)N(C)C)ccc1C. The lowest BCUT2D eigenvalue weighted by atomic mass is 10.1. The molecule has 0 radical (unpaired) electrons. The van der Waals surface area contributed by atoms with E-state index >= 15 is 0 Å². The molecule has 0 aromatic heterocycles. The van der Waals surface area contributed by atoms with Gasteiger partial charge in [-0.3, -0.25) is 4.79 Å². The van der Waals surface area contributed by atoms with Gasteiger partial charge in [-0.25, -0.2) is 12.7 Å². The number of anilines is 1. The topological polar surface area (TPSA) is 92.5 Å². The highest BCUT2D eigenvalue weighted by atomic mass is 32.2. The first kappa shape index (κ1) is 17.6. The van der Waals surface area contributed by atoms with Crippen LogP contribution in [0.3, 0.4) is 0 Å². The van der Waals surface area contributed by atoms with Gasteiger partial charge in [-0.2, -0.15) is 0 Å². The first-order chi connectivity index (χ1) is 9.68. The normalized spacial score (nSPS) is 13.2. The van der Waals surface area contributed by atoms with Gasteiger partial charge in [0.25, 0.3) is 0 Å². The summed E-state index contributed by atoms with van der Waals surface area (Å²) < 4.78 is 25.3. The second kappa shape index (κ2) is 7.02. The number of rotatable bonds is 6. The van der Waals surface area contributed by atoms with Gasteiger partial charge in [0.2, 0.25) is 15.9 Å². The Balaban J connectivity index is 3.01. The van der Waals surface area contributed by atoms with Crippen LogP contribution in [0.25, 0.3) is 0 Å². The molecular weight excluding hydrogens is 290 g/mol. The molecule has 0 aliphatic rings. The van der Waals surface area contributed by atoms with Crippen molar-refractivity contribution in [1.82, 2.24) is 4.31 Å². The minimum absolute atomic E-state index is 0.146. The van der Waals surface area contributed by atoms with Gasteiger partial charge in [0.05, 0.1) is 4.90 Å². The van der Waals surface area contributed by atoms with Gasteiger partial charge in [0.1, 0.15) is 0 Å². The van der Waals surface area contributed by atoms with E-state index in [-0.39, 0.29) is 23.3 Å². The number of sulfonamides is 1. The summed E-state index contributed by atoms with van der Waals surface area (Å²) in [5.41, 5.74) is 7.03. The Bertz CT molecular complexity index is 612. The second-order valence-electron chi connectivity index (χ2n) is 5.18. The van der Waals surface area contributed by atoms with Crippen LogP contribution in [-0.4, -0.2) is 38.8 Å². The highest BCUT2D eigenvalue weighted by Crippen LogP contribution is 2.22.